The number of fused-ring (bicyclic) bond motifs is 1. The van der Waals surface area contributed by atoms with Crippen LogP contribution in [0.25, 0.3) is 10.2 Å². The predicted octanol–water partition coefficient (Wildman–Crippen LogP) is 2.64. The Labute approximate surface area is 105 Å². The highest BCUT2D eigenvalue weighted by Crippen LogP contribution is 2.32. The maximum absolute atomic E-state index is 4.63. The van der Waals surface area contributed by atoms with E-state index in [1.54, 1.807) is 11.3 Å². The van der Waals surface area contributed by atoms with Crippen LogP contribution in [0.4, 0.5) is 11.8 Å². The van der Waals surface area contributed by atoms with Gasteiger partial charge in [-0.15, -0.1) is 11.3 Å². The number of anilines is 2. The van der Waals surface area contributed by atoms with Crippen molar-refractivity contribution >= 4 is 33.3 Å². The van der Waals surface area contributed by atoms with Gasteiger partial charge in [0, 0.05) is 25.0 Å². The van der Waals surface area contributed by atoms with E-state index in [9.17, 15) is 0 Å². The summed E-state index contributed by atoms with van der Waals surface area (Å²) in [5.74, 6) is 1.82. The molecule has 0 spiro atoms. The lowest BCUT2D eigenvalue weighted by Crippen LogP contribution is -2.19. The van der Waals surface area contributed by atoms with Crippen LogP contribution < -0.4 is 10.2 Å². The highest BCUT2D eigenvalue weighted by molar-refractivity contribution is 7.18. The third-order valence-corrected chi connectivity index (χ3v) is 4.07. The summed E-state index contributed by atoms with van der Waals surface area (Å²) in [5, 5.41) is 4.25. The molecule has 0 radical (unpaired) electrons. The van der Waals surface area contributed by atoms with Crippen LogP contribution in [-0.4, -0.2) is 30.1 Å². The zero-order chi connectivity index (χ0) is 11.8. The van der Waals surface area contributed by atoms with Crippen LogP contribution in [0.2, 0.25) is 0 Å². The molecular weight excluding hydrogens is 232 g/mol. The third kappa shape index (κ3) is 1.84. The highest BCUT2D eigenvalue weighted by Gasteiger charge is 2.19. The van der Waals surface area contributed by atoms with Gasteiger partial charge in [0.25, 0.3) is 0 Å². The zero-order valence-corrected chi connectivity index (χ0v) is 11.0. The lowest BCUT2D eigenvalue weighted by atomic mass is 10.3. The van der Waals surface area contributed by atoms with Gasteiger partial charge < -0.3 is 10.2 Å². The molecule has 0 bridgehead atoms. The fourth-order valence-corrected chi connectivity index (χ4v) is 3.18. The average molecular weight is 248 g/mol. The molecule has 2 aromatic heterocycles. The Morgan fingerprint density at radius 2 is 2.06 bits per heavy atom. The number of hydrogen-bond acceptors (Lipinski definition) is 5. The fourth-order valence-electron chi connectivity index (χ4n) is 2.31. The standard InChI is InChI=1S/C12H16N4S/c1-8-7-9-10(16-5-3-4-6-16)14-12(13-2)15-11(9)17-8/h7H,3-6H2,1-2H3,(H,13,14,15). The molecule has 1 aliphatic heterocycles. The molecule has 1 saturated heterocycles. The third-order valence-electron chi connectivity index (χ3n) is 3.13. The van der Waals surface area contributed by atoms with Crippen molar-refractivity contribution in [2.45, 2.75) is 19.8 Å². The number of thiophene rings is 1. The van der Waals surface area contributed by atoms with Crippen LogP contribution in [0.1, 0.15) is 17.7 Å². The number of aryl methyl sites for hydroxylation is 1. The monoisotopic (exact) mass is 248 g/mol. The molecule has 5 heteroatoms. The smallest absolute Gasteiger partial charge is 0.225 e. The van der Waals surface area contributed by atoms with Crippen molar-refractivity contribution in [3.63, 3.8) is 0 Å². The van der Waals surface area contributed by atoms with Gasteiger partial charge in [0.05, 0.1) is 5.39 Å². The summed E-state index contributed by atoms with van der Waals surface area (Å²) in [6.07, 6.45) is 2.53. The molecule has 0 amide bonds. The predicted molar refractivity (Wildman–Crippen MR) is 73.1 cm³/mol. The minimum absolute atomic E-state index is 0.723. The summed E-state index contributed by atoms with van der Waals surface area (Å²) in [5.41, 5.74) is 0. The van der Waals surface area contributed by atoms with Gasteiger partial charge in [-0.2, -0.15) is 4.98 Å². The van der Waals surface area contributed by atoms with Gasteiger partial charge in [-0.25, -0.2) is 4.98 Å². The SMILES string of the molecule is CNc1nc(N2CCCC2)c2cc(C)sc2n1. The van der Waals surface area contributed by atoms with Crippen molar-refractivity contribution in [1.29, 1.82) is 0 Å². The number of nitrogens with zero attached hydrogens (tertiary/aromatic N) is 3. The molecule has 1 fully saturated rings. The average Bonchev–Trinajstić information content (AvgIpc) is 2.94. The molecular formula is C12H16N4S. The number of aromatic nitrogens is 2. The van der Waals surface area contributed by atoms with Gasteiger partial charge in [-0.3, -0.25) is 0 Å². The van der Waals surface area contributed by atoms with Crippen LogP contribution >= 0.6 is 11.3 Å². The number of rotatable bonds is 2. The summed E-state index contributed by atoms with van der Waals surface area (Å²) in [6, 6.07) is 2.20. The first-order valence-corrected chi connectivity index (χ1v) is 6.80. The second-order valence-electron chi connectivity index (χ2n) is 4.39. The molecule has 0 aliphatic carbocycles. The first-order valence-electron chi connectivity index (χ1n) is 5.99. The van der Waals surface area contributed by atoms with Crippen molar-refractivity contribution in [2.75, 3.05) is 30.4 Å². The van der Waals surface area contributed by atoms with Gasteiger partial charge in [0.1, 0.15) is 10.6 Å². The maximum Gasteiger partial charge on any atom is 0.225 e. The Morgan fingerprint density at radius 1 is 1.29 bits per heavy atom. The van der Waals surface area contributed by atoms with Gasteiger partial charge in [-0.05, 0) is 25.8 Å². The summed E-state index contributed by atoms with van der Waals surface area (Å²) < 4.78 is 0. The number of nitrogens with one attached hydrogen (secondary N) is 1. The zero-order valence-electron chi connectivity index (χ0n) is 10.2. The van der Waals surface area contributed by atoms with E-state index in [-0.39, 0.29) is 0 Å². The minimum Gasteiger partial charge on any atom is -0.357 e. The first kappa shape index (κ1) is 10.8. The molecule has 17 heavy (non-hydrogen) atoms. The fraction of sp³-hybridized carbons (Fsp3) is 0.500. The molecule has 1 aliphatic rings. The van der Waals surface area contributed by atoms with Crippen LogP contribution in [0.3, 0.4) is 0 Å². The Balaban J connectivity index is 2.18. The molecule has 2 aromatic rings. The van der Waals surface area contributed by atoms with Crippen molar-refractivity contribution in [3.05, 3.63) is 10.9 Å². The molecule has 3 rings (SSSR count). The van der Waals surface area contributed by atoms with Crippen LogP contribution in [0, 0.1) is 6.92 Å². The molecule has 3 heterocycles. The maximum atomic E-state index is 4.63. The quantitative estimate of drug-likeness (QED) is 0.887. The van der Waals surface area contributed by atoms with E-state index in [2.05, 4.69) is 33.2 Å². The molecule has 1 N–H and O–H groups in total. The van der Waals surface area contributed by atoms with Crippen molar-refractivity contribution in [1.82, 2.24) is 9.97 Å². The first-order chi connectivity index (χ1) is 8.28. The van der Waals surface area contributed by atoms with Crippen LogP contribution in [0.15, 0.2) is 6.07 Å². The van der Waals surface area contributed by atoms with E-state index in [1.807, 2.05) is 7.05 Å². The lowest BCUT2D eigenvalue weighted by molar-refractivity contribution is 0.941. The summed E-state index contributed by atoms with van der Waals surface area (Å²) in [7, 11) is 1.87. The van der Waals surface area contributed by atoms with E-state index < -0.39 is 0 Å². The van der Waals surface area contributed by atoms with Gasteiger partial charge >= 0.3 is 0 Å². The van der Waals surface area contributed by atoms with E-state index in [4.69, 9.17) is 0 Å². The Kier molecular flexibility index (Phi) is 2.63. The van der Waals surface area contributed by atoms with Gasteiger partial charge in [0.15, 0.2) is 0 Å². The van der Waals surface area contributed by atoms with Crippen molar-refractivity contribution in [2.24, 2.45) is 0 Å². The topological polar surface area (TPSA) is 41.1 Å². The summed E-state index contributed by atoms with van der Waals surface area (Å²) in [6.45, 7) is 4.35. The molecule has 0 aromatic carbocycles. The van der Waals surface area contributed by atoms with Gasteiger partial charge in [-0.1, -0.05) is 0 Å². The van der Waals surface area contributed by atoms with Crippen molar-refractivity contribution in [3.8, 4) is 0 Å². The summed E-state index contributed by atoms with van der Waals surface area (Å²) in [4.78, 5) is 13.9. The van der Waals surface area contributed by atoms with E-state index >= 15 is 0 Å². The number of hydrogen-bond donors (Lipinski definition) is 1. The molecule has 0 atom stereocenters. The summed E-state index contributed by atoms with van der Waals surface area (Å²) >= 11 is 1.74. The van der Waals surface area contributed by atoms with Gasteiger partial charge in [0.2, 0.25) is 5.95 Å². The van der Waals surface area contributed by atoms with E-state index in [1.165, 1.54) is 23.1 Å². The second-order valence-corrected chi connectivity index (χ2v) is 5.63. The van der Waals surface area contributed by atoms with Crippen molar-refractivity contribution < 1.29 is 0 Å². The van der Waals surface area contributed by atoms with Crippen LogP contribution in [0.5, 0.6) is 0 Å². The Hall–Kier alpha value is -1.36. The van der Waals surface area contributed by atoms with Crippen LogP contribution in [-0.2, 0) is 0 Å². The minimum atomic E-state index is 0.723. The largest absolute Gasteiger partial charge is 0.357 e. The molecule has 0 unspecified atom stereocenters. The Bertz CT molecular complexity index is 543. The molecule has 90 valence electrons. The Morgan fingerprint density at radius 3 is 2.76 bits per heavy atom. The van der Waals surface area contributed by atoms with E-state index in [0.717, 1.165) is 29.7 Å². The molecule has 0 saturated carbocycles. The molecule has 4 nitrogen and oxygen atoms in total. The second kappa shape index (κ2) is 4.14. The normalized spacial score (nSPS) is 15.8. The lowest BCUT2D eigenvalue weighted by Gasteiger charge is -2.17. The highest BCUT2D eigenvalue weighted by atomic mass is 32.1. The van der Waals surface area contributed by atoms with E-state index in [0.29, 0.717) is 0 Å².